The van der Waals surface area contributed by atoms with E-state index in [4.69, 9.17) is 4.74 Å². The first-order valence-corrected chi connectivity index (χ1v) is 6.10. The quantitative estimate of drug-likeness (QED) is 0.695. The summed E-state index contributed by atoms with van der Waals surface area (Å²) in [5.41, 5.74) is 2.06. The molecule has 0 fully saturated rings. The molecule has 0 radical (unpaired) electrons. The van der Waals surface area contributed by atoms with Crippen molar-refractivity contribution in [3.05, 3.63) is 35.4 Å². The number of benzene rings is 1. The smallest absolute Gasteiger partial charge is 0.316 e. The van der Waals surface area contributed by atoms with Crippen LogP contribution < -0.4 is 0 Å². The second kappa shape index (κ2) is 3.86. The van der Waals surface area contributed by atoms with Crippen LogP contribution in [0.2, 0.25) is 0 Å². The Hall–Kier alpha value is -1.31. The van der Waals surface area contributed by atoms with Crippen molar-refractivity contribution < 1.29 is 9.53 Å². The van der Waals surface area contributed by atoms with E-state index in [1.165, 1.54) is 12.7 Å². The number of esters is 1. The maximum Gasteiger partial charge on any atom is 0.316 e. The van der Waals surface area contributed by atoms with E-state index in [0.29, 0.717) is 0 Å². The fourth-order valence-corrected chi connectivity index (χ4v) is 2.82. The Labute approximate surface area is 103 Å². The third kappa shape index (κ3) is 1.76. The van der Waals surface area contributed by atoms with E-state index < -0.39 is 5.41 Å². The number of hydrogen-bond donors (Lipinski definition) is 0. The molecule has 2 rings (SSSR count). The van der Waals surface area contributed by atoms with Gasteiger partial charge in [-0.15, -0.1) is 0 Å². The van der Waals surface area contributed by atoms with Crippen LogP contribution in [0.1, 0.15) is 44.7 Å². The first-order valence-electron chi connectivity index (χ1n) is 6.10. The van der Waals surface area contributed by atoms with Crippen LogP contribution in [-0.4, -0.2) is 13.1 Å². The first-order chi connectivity index (χ1) is 7.92. The van der Waals surface area contributed by atoms with Gasteiger partial charge in [0.15, 0.2) is 0 Å². The molecule has 1 aromatic rings. The minimum atomic E-state index is -0.485. The second-order valence-electron chi connectivity index (χ2n) is 5.75. The van der Waals surface area contributed by atoms with E-state index in [1.807, 2.05) is 19.1 Å². The molecule has 0 aliphatic heterocycles. The van der Waals surface area contributed by atoms with E-state index in [9.17, 15) is 4.79 Å². The van der Waals surface area contributed by atoms with Crippen LogP contribution in [0, 0.1) is 0 Å². The third-order valence-corrected chi connectivity index (χ3v) is 4.14. The summed E-state index contributed by atoms with van der Waals surface area (Å²) in [4.78, 5) is 12.0. The Bertz CT molecular complexity index is 448. The molecule has 1 aliphatic carbocycles. The van der Waals surface area contributed by atoms with E-state index >= 15 is 0 Å². The number of carbonyl (C=O) groups is 1. The Morgan fingerprint density at radius 3 is 2.29 bits per heavy atom. The van der Waals surface area contributed by atoms with Crippen LogP contribution in [0.3, 0.4) is 0 Å². The van der Waals surface area contributed by atoms with E-state index in [-0.39, 0.29) is 11.4 Å². The number of rotatable bonds is 1. The summed E-state index contributed by atoms with van der Waals surface area (Å²) in [6.45, 7) is 6.47. The van der Waals surface area contributed by atoms with Gasteiger partial charge in [0.1, 0.15) is 0 Å². The topological polar surface area (TPSA) is 26.3 Å². The fraction of sp³-hybridized carbons (Fsp3) is 0.533. The predicted molar refractivity (Wildman–Crippen MR) is 68.1 cm³/mol. The summed E-state index contributed by atoms with van der Waals surface area (Å²) in [6, 6.07) is 8.24. The van der Waals surface area contributed by atoms with Crippen LogP contribution in [0.4, 0.5) is 0 Å². The van der Waals surface area contributed by atoms with Gasteiger partial charge < -0.3 is 4.74 Å². The summed E-state index contributed by atoms with van der Waals surface area (Å²) in [7, 11) is 1.47. The predicted octanol–water partition coefficient (Wildman–Crippen LogP) is 3.19. The maximum absolute atomic E-state index is 12.0. The molecule has 0 N–H and O–H groups in total. The Morgan fingerprint density at radius 2 is 1.71 bits per heavy atom. The zero-order chi connectivity index (χ0) is 12.7. The molecule has 0 bridgehead atoms. The lowest BCUT2D eigenvalue weighted by molar-refractivity contribution is -0.147. The third-order valence-electron chi connectivity index (χ3n) is 4.14. The van der Waals surface area contributed by atoms with Crippen LogP contribution in [0.5, 0.6) is 0 Å². The molecular weight excluding hydrogens is 212 g/mol. The lowest BCUT2D eigenvalue weighted by Gasteiger charge is -2.41. The van der Waals surface area contributed by atoms with Crippen LogP contribution in [-0.2, 0) is 20.4 Å². The van der Waals surface area contributed by atoms with Crippen molar-refractivity contribution in [2.45, 2.75) is 44.4 Å². The average Bonchev–Trinajstić information content (AvgIpc) is 2.34. The zero-order valence-corrected chi connectivity index (χ0v) is 11.0. The molecule has 0 spiro atoms. The highest BCUT2D eigenvalue weighted by Gasteiger charge is 2.44. The fourth-order valence-electron chi connectivity index (χ4n) is 2.82. The van der Waals surface area contributed by atoms with Crippen molar-refractivity contribution in [1.29, 1.82) is 0 Å². The standard InChI is InChI=1S/C15H20O2/c1-14(2)9-10-15(3,13(16)17-4)12-8-6-5-7-11(12)14/h5-8H,9-10H2,1-4H3. The van der Waals surface area contributed by atoms with Crippen molar-refractivity contribution in [2.24, 2.45) is 0 Å². The number of hydrogen-bond acceptors (Lipinski definition) is 2. The lowest BCUT2D eigenvalue weighted by atomic mass is 9.62. The van der Waals surface area contributed by atoms with Gasteiger partial charge in [0.05, 0.1) is 12.5 Å². The number of methoxy groups -OCH3 is 1. The van der Waals surface area contributed by atoms with Crippen molar-refractivity contribution in [2.75, 3.05) is 7.11 Å². The normalized spacial score (nSPS) is 26.1. The summed E-state index contributed by atoms with van der Waals surface area (Å²) in [5, 5.41) is 0. The van der Waals surface area contributed by atoms with Crippen molar-refractivity contribution in [3.8, 4) is 0 Å². The van der Waals surface area contributed by atoms with Crippen molar-refractivity contribution in [3.63, 3.8) is 0 Å². The second-order valence-corrected chi connectivity index (χ2v) is 5.75. The molecule has 1 aromatic carbocycles. The van der Waals surface area contributed by atoms with E-state index in [1.54, 1.807) is 0 Å². The molecular formula is C15H20O2. The van der Waals surface area contributed by atoms with Gasteiger partial charge in [-0.3, -0.25) is 4.79 Å². The molecule has 1 atom stereocenters. The molecule has 0 amide bonds. The number of ether oxygens (including phenoxy) is 1. The molecule has 1 unspecified atom stereocenters. The van der Waals surface area contributed by atoms with E-state index in [2.05, 4.69) is 26.0 Å². The molecule has 2 heteroatoms. The molecule has 0 saturated carbocycles. The van der Waals surface area contributed by atoms with Crippen molar-refractivity contribution >= 4 is 5.97 Å². The highest BCUT2D eigenvalue weighted by molar-refractivity contribution is 5.83. The van der Waals surface area contributed by atoms with Gasteiger partial charge in [0, 0.05) is 0 Å². The molecule has 17 heavy (non-hydrogen) atoms. The number of fused-ring (bicyclic) bond motifs is 1. The van der Waals surface area contributed by atoms with Gasteiger partial charge in [-0.1, -0.05) is 38.1 Å². The number of carbonyl (C=O) groups excluding carboxylic acids is 1. The van der Waals surface area contributed by atoms with E-state index in [0.717, 1.165) is 18.4 Å². The Morgan fingerprint density at radius 1 is 1.12 bits per heavy atom. The molecule has 2 nitrogen and oxygen atoms in total. The van der Waals surface area contributed by atoms with Crippen LogP contribution >= 0.6 is 0 Å². The monoisotopic (exact) mass is 232 g/mol. The Kier molecular flexibility index (Phi) is 2.76. The first kappa shape index (κ1) is 12.2. The molecule has 92 valence electrons. The molecule has 1 aliphatic rings. The highest BCUT2D eigenvalue weighted by atomic mass is 16.5. The largest absolute Gasteiger partial charge is 0.468 e. The van der Waals surface area contributed by atoms with Gasteiger partial charge in [0.2, 0.25) is 0 Å². The summed E-state index contributed by atoms with van der Waals surface area (Å²) < 4.78 is 4.98. The van der Waals surface area contributed by atoms with Crippen LogP contribution in [0.15, 0.2) is 24.3 Å². The average molecular weight is 232 g/mol. The van der Waals surface area contributed by atoms with Gasteiger partial charge in [-0.05, 0) is 36.3 Å². The zero-order valence-electron chi connectivity index (χ0n) is 11.0. The molecule has 0 aromatic heterocycles. The van der Waals surface area contributed by atoms with Crippen LogP contribution in [0.25, 0.3) is 0 Å². The Balaban J connectivity index is 2.59. The summed E-state index contributed by atoms with van der Waals surface area (Å²) in [5.74, 6) is -0.125. The summed E-state index contributed by atoms with van der Waals surface area (Å²) >= 11 is 0. The molecule has 0 saturated heterocycles. The van der Waals surface area contributed by atoms with Gasteiger partial charge >= 0.3 is 5.97 Å². The SMILES string of the molecule is COC(=O)C1(C)CCC(C)(C)c2ccccc21. The molecule has 0 heterocycles. The lowest BCUT2D eigenvalue weighted by Crippen LogP contribution is -2.41. The highest BCUT2D eigenvalue weighted by Crippen LogP contribution is 2.46. The minimum Gasteiger partial charge on any atom is -0.468 e. The summed E-state index contributed by atoms with van der Waals surface area (Å²) in [6.07, 6.45) is 1.86. The maximum atomic E-state index is 12.0. The minimum absolute atomic E-state index is 0.125. The van der Waals surface area contributed by atoms with Gasteiger partial charge in [-0.2, -0.15) is 0 Å². The van der Waals surface area contributed by atoms with Gasteiger partial charge in [-0.25, -0.2) is 0 Å². The van der Waals surface area contributed by atoms with Crippen molar-refractivity contribution in [1.82, 2.24) is 0 Å². The van der Waals surface area contributed by atoms with Gasteiger partial charge in [0.25, 0.3) is 0 Å².